The zero-order valence-electron chi connectivity index (χ0n) is 7.99. The fraction of sp³-hybridized carbons (Fsp3) is 0.500. The van der Waals surface area contributed by atoms with E-state index in [1.165, 1.54) is 12.3 Å². The summed E-state index contributed by atoms with van der Waals surface area (Å²) in [6, 6.07) is 3.45. The Morgan fingerprint density at radius 2 is 2.43 bits per heavy atom. The lowest BCUT2D eigenvalue weighted by Crippen LogP contribution is -2.26. The van der Waals surface area contributed by atoms with Gasteiger partial charge in [0.25, 0.3) is 0 Å². The van der Waals surface area contributed by atoms with E-state index in [4.69, 9.17) is 5.73 Å². The molecule has 1 aromatic heterocycles. The van der Waals surface area contributed by atoms with E-state index in [1.807, 2.05) is 0 Å². The first-order chi connectivity index (χ1) is 6.74. The van der Waals surface area contributed by atoms with Gasteiger partial charge in [-0.3, -0.25) is 9.88 Å². The van der Waals surface area contributed by atoms with Crippen LogP contribution in [0.5, 0.6) is 0 Å². The molecule has 1 atom stereocenters. The van der Waals surface area contributed by atoms with Crippen LogP contribution in [0, 0.1) is 5.82 Å². The van der Waals surface area contributed by atoms with E-state index in [9.17, 15) is 4.39 Å². The topological polar surface area (TPSA) is 42.1 Å². The summed E-state index contributed by atoms with van der Waals surface area (Å²) in [5, 5.41) is 0. The van der Waals surface area contributed by atoms with Gasteiger partial charge in [0.1, 0.15) is 5.82 Å². The van der Waals surface area contributed by atoms with Crippen LogP contribution in [0.4, 0.5) is 4.39 Å². The first-order valence-corrected chi connectivity index (χ1v) is 4.82. The van der Waals surface area contributed by atoms with Gasteiger partial charge in [-0.25, -0.2) is 4.39 Å². The van der Waals surface area contributed by atoms with Crippen molar-refractivity contribution < 1.29 is 4.39 Å². The van der Waals surface area contributed by atoms with Gasteiger partial charge in [-0.15, -0.1) is 0 Å². The lowest BCUT2D eigenvalue weighted by atomic mass is 10.3. The highest BCUT2D eigenvalue weighted by Gasteiger charge is 2.18. The molecule has 0 spiro atoms. The smallest absolute Gasteiger partial charge is 0.141 e. The fourth-order valence-corrected chi connectivity index (χ4v) is 1.74. The van der Waals surface area contributed by atoms with Gasteiger partial charge >= 0.3 is 0 Å². The normalized spacial score (nSPS) is 22.9. The Kier molecular flexibility index (Phi) is 2.74. The van der Waals surface area contributed by atoms with Crippen LogP contribution in [0.2, 0.25) is 0 Å². The number of hydrogen-bond donors (Lipinski definition) is 1. The molecule has 76 valence electrons. The number of halogens is 1. The SMILES string of the molecule is N[C@@H]1CCN(Cc2ccc(F)cn2)C1. The quantitative estimate of drug-likeness (QED) is 0.757. The number of pyridine rings is 1. The fourth-order valence-electron chi connectivity index (χ4n) is 1.74. The van der Waals surface area contributed by atoms with E-state index >= 15 is 0 Å². The molecule has 0 saturated carbocycles. The van der Waals surface area contributed by atoms with E-state index in [2.05, 4.69) is 9.88 Å². The molecule has 3 nitrogen and oxygen atoms in total. The summed E-state index contributed by atoms with van der Waals surface area (Å²) in [5.74, 6) is -0.285. The molecule has 0 aromatic carbocycles. The minimum Gasteiger partial charge on any atom is -0.326 e. The molecule has 2 rings (SSSR count). The van der Waals surface area contributed by atoms with Crippen LogP contribution in [-0.4, -0.2) is 29.0 Å². The van der Waals surface area contributed by atoms with Crippen molar-refractivity contribution in [1.82, 2.24) is 9.88 Å². The van der Waals surface area contributed by atoms with Crippen LogP contribution < -0.4 is 5.73 Å². The molecule has 2 heterocycles. The van der Waals surface area contributed by atoms with Gasteiger partial charge in [0.15, 0.2) is 0 Å². The van der Waals surface area contributed by atoms with Crippen molar-refractivity contribution in [2.24, 2.45) is 5.73 Å². The average molecular weight is 195 g/mol. The van der Waals surface area contributed by atoms with E-state index in [1.54, 1.807) is 6.07 Å². The number of hydrogen-bond acceptors (Lipinski definition) is 3. The number of aromatic nitrogens is 1. The van der Waals surface area contributed by atoms with Gasteiger partial charge in [-0.2, -0.15) is 0 Å². The lowest BCUT2D eigenvalue weighted by Gasteiger charge is -2.13. The third kappa shape index (κ3) is 2.27. The van der Waals surface area contributed by atoms with Crippen LogP contribution in [0.1, 0.15) is 12.1 Å². The third-order valence-corrected chi connectivity index (χ3v) is 2.48. The van der Waals surface area contributed by atoms with Crippen LogP contribution in [0.25, 0.3) is 0 Å². The zero-order chi connectivity index (χ0) is 9.97. The molecule has 0 amide bonds. The number of rotatable bonds is 2. The van der Waals surface area contributed by atoms with Crippen LogP contribution in [0.3, 0.4) is 0 Å². The van der Waals surface area contributed by atoms with Gasteiger partial charge in [-0.05, 0) is 18.6 Å². The van der Waals surface area contributed by atoms with Gasteiger partial charge < -0.3 is 5.73 Å². The maximum absolute atomic E-state index is 12.6. The largest absolute Gasteiger partial charge is 0.326 e. The van der Waals surface area contributed by atoms with Gasteiger partial charge in [-0.1, -0.05) is 0 Å². The third-order valence-electron chi connectivity index (χ3n) is 2.48. The molecule has 4 heteroatoms. The van der Waals surface area contributed by atoms with Crippen LogP contribution >= 0.6 is 0 Å². The molecule has 0 aliphatic carbocycles. The van der Waals surface area contributed by atoms with Crippen molar-refractivity contribution >= 4 is 0 Å². The molecule has 1 aliphatic rings. The molecular weight excluding hydrogens is 181 g/mol. The Hall–Kier alpha value is -1.00. The Morgan fingerprint density at radius 1 is 1.57 bits per heavy atom. The zero-order valence-corrected chi connectivity index (χ0v) is 7.99. The second kappa shape index (κ2) is 4.02. The Bertz CT molecular complexity index is 299. The van der Waals surface area contributed by atoms with Crippen LogP contribution in [0.15, 0.2) is 18.3 Å². The molecular formula is C10H14FN3. The van der Waals surface area contributed by atoms with Crippen molar-refractivity contribution in [3.63, 3.8) is 0 Å². The van der Waals surface area contributed by atoms with Gasteiger partial charge in [0, 0.05) is 25.7 Å². The Balaban J connectivity index is 1.94. The number of nitrogens with two attached hydrogens (primary N) is 1. The highest BCUT2D eigenvalue weighted by atomic mass is 19.1. The highest BCUT2D eigenvalue weighted by Crippen LogP contribution is 2.10. The minimum absolute atomic E-state index is 0.285. The summed E-state index contributed by atoms with van der Waals surface area (Å²) in [7, 11) is 0. The molecule has 1 fully saturated rings. The highest BCUT2D eigenvalue weighted by molar-refractivity contribution is 5.05. The molecule has 14 heavy (non-hydrogen) atoms. The van der Waals surface area contributed by atoms with Crippen molar-refractivity contribution in [2.75, 3.05) is 13.1 Å². The molecule has 0 bridgehead atoms. The lowest BCUT2D eigenvalue weighted by molar-refractivity contribution is 0.322. The molecule has 1 aliphatic heterocycles. The summed E-state index contributed by atoms with van der Waals surface area (Å²) in [4.78, 5) is 6.25. The van der Waals surface area contributed by atoms with E-state index in [0.717, 1.165) is 31.7 Å². The van der Waals surface area contributed by atoms with Crippen molar-refractivity contribution in [1.29, 1.82) is 0 Å². The van der Waals surface area contributed by atoms with Crippen molar-refractivity contribution in [2.45, 2.75) is 19.0 Å². The second-order valence-corrected chi connectivity index (χ2v) is 3.75. The van der Waals surface area contributed by atoms with Crippen molar-refractivity contribution in [3.05, 3.63) is 29.8 Å². The second-order valence-electron chi connectivity index (χ2n) is 3.75. The van der Waals surface area contributed by atoms with E-state index in [-0.39, 0.29) is 11.9 Å². The molecule has 0 unspecified atom stereocenters. The predicted molar refractivity (Wildman–Crippen MR) is 52.1 cm³/mol. The minimum atomic E-state index is -0.285. The summed E-state index contributed by atoms with van der Waals surface area (Å²) >= 11 is 0. The average Bonchev–Trinajstić information content (AvgIpc) is 2.56. The first kappa shape index (κ1) is 9.55. The number of nitrogens with zero attached hydrogens (tertiary/aromatic N) is 2. The first-order valence-electron chi connectivity index (χ1n) is 4.82. The Labute approximate surface area is 82.7 Å². The van der Waals surface area contributed by atoms with Crippen LogP contribution in [-0.2, 0) is 6.54 Å². The predicted octanol–water partition coefficient (Wildman–Crippen LogP) is 0.754. The maximum atomic E-state index is 12.6. The maximum Gasteiger partial charge on any atom is 0.141 e. The number of likely N-dealkylation sites (tertiary alicyclic amines) is 1. The summed E-state index contributed by atoms with van der Waals surface area (Å²) in [6.07, 6.45) is 2.30. The van der Waals surface area contributed by atoms with E-state index < -0.39 is 0 Å². The molecule has 1 saturated heterocycles. The standard InChI is InChI=1S/C10H14FN3/c11-8-1-2-10(13-5-8)7-14-4-3-9(12)6-14/h1-2,5,9H,3-4,6-7,12H2/t9-/m1/s1. The Morgan fingerprint density at radius 3 is 3.00 bits per heavy atom. The van der Waals surface area contributed by atoms with Gasteiger partial charge in [0.2, 0.25) is 0 Å². The molecule has 2 N–H and O–H groups in total. The molecule has 0 radical (unpaired) electrons. The molecule has 1 aromatic rings. The van der Waals surface area contributed by atoms with Crippen molar-refractivity contribution in [3.8, 4) is 0 Å². The summed E-state index contributed by atoms with van der Waals surface area (Å²) < 4.78 is 12.6. The summed E-state index contributed by atoms with van der Waals surface area (Å²) in [6.45, 7) is 2.70. The van der Waals surface area contributed by atoms with E-state index in [0.29, 0.717) is 0 Å². The monoisotopic (exact) mass is 195 g/mol. The van der Waals surface area contributed by atoms with Gasteiger partial charge in [0.05, 0.1) is 11.9 Å². The summed E-state index contributed by atoms with van der Waals surface area (Å²) in [5.41, 5.74) is 6.68.